The molecule has 5 nitrogen and oxygen atoms in total. The summed E-state index contributed by atoms with van der Waals surface area (Å²) in [6.45, 7) is 2.31. The maximum atomic E-state index is 9.58. The first kappa shape index (κ1) is 9.36. The molecule has 0 amide bonds. The predicted octanol–water partition coefficient (Wildman–Crippen LogP) is -1.13. The quantitative estimate of drug-likeness (QED) is 0.506. The Bertz CT molecular complexity index is 181. The molecule has 1 unspecified atom stereocenters. The molecule has 5 atom stereocenters. The van der Waals surface area contributed by atoms with Crippen LogP contribution in [0.3, 0.4) is 0 Å². The summed E-state index contributed by atoms with van der Waals surface area (Å²) in [5, 5.41) is 18.9. The van der Waals surface area contributed by atoms with Gasteiger partial charge in [-0.3, -0.25) is 0 Å². The van der Waals surface area contributed by atoms with Crippen LogP contribution in [0, 0.1) is 0 Å². The molecule has 2 aliphatic rings. The average molecular weight is 190 g/mol. The summed E-state index contributed by atoms with van der Waals surface area (Å²) >= 11 is 0. The van der Waals surface area contributed by atoms with Crippen LogP contribution < -0.4 is 0 Å². The van der Waals surface area contributed by atoms with Crippen molar-refractivity contribution in [2.45, 2.75) is 37.6 Å². The van der Waals surface area contributed by atoms with Gasteiger partial charge in [-0.2, -0.15) is 0 Å². The van der Waals surface area contributed by atoms with E-state index in [1.54, 1.807) is 6.92 Å². The molecule has 2 saturated heterocycles. The Kier molecular flexibility index (Phi) is 2.53. The minimum absolute atomic E-state index is 0.142. The lowest BCUT2D eigenvalue weighted by molar-refractivity contribution is -0.305. The minimum Gasteiger partial charge on any atom is -0.388 e. The molecule has 0 aromatic heterocycles. The molecule has 2 fully saturated rings. The van der Waals surface area contributed by atoms with Crippen molar-refractivity contribution in [1.29, 1.82) is 0 Å². The van der Waals surface area contributed by atoms with Crippen molar-refractivity contribution in [3.05, 3.63) is 0 Å². The molecule has 2 N–H and O–H groups in total. The second-order valence-corrected chi connectivity index (χ2v) is 3.43. The summed E-state index contributed by atoms with van der Waals surface area (Å²) < 4.78 is 15.8. The van der Waals surface area contributed by atoms with Gasteiger partial charge in [-0.25, -0.2) is 0 Å². The molecule has 0 aromatic rings. The van der Waals surface area contributed by atoms with Gasteiger partial charge in [0.05, 0.1) is 13.2 Å². The SMILES string of the molecule is CC1OC[C@H]2OC[C@H](O)[C@@H](O)[C@@H]2O1. The first-order valence-corrected chi connectivity index (χ1v) is 4.43. The smallest absolute Gasteiger partial charge is 0.155 e. The van der Waals surface area contributed by atoms with E-state index in [-0.39, 0.29) is 19.0 Å². The van der Waals surface area contributed by atoms with Gasteiger partial charge in [-0.15, -0.1) is 0 Å². The summed E-state index contributed by atoms with van der Waals surface area (Å²) in [5.74, 6) is 0. The third-order valence-corrected chi connectivity index (χ3v) is 2.42. The van der Waals surface area contributed by atoms with Crippen molar-refractivity contribution in [3.63, 3.8) is 0 Å². The van der Waals surface area contributed by atoms with Crippen LogP contribution in [0.4, 0.5) is 0 Å². The van der Waals surface area contributed by atoms with E-state index in [1.807, 2.05) is 0 Å². The van der Waals surface area contributed by atoms with Crippen LogP contribution in [0.5, 0.6) is 0 Å². The van der Waals surface area contributed by atoms with E-state index < -0.39 is 18.3 Å². The number of hydrogen-bond acceptors (Lipinski definition) is 5. The fourth-order valence-corrected chi connectivity index (χ4v) is 1.66. The Morgan fingerprint density at radius 2 is 1.92 bits per heavy atom. The van der Waals surface area contributed by atoms with E-state index in [0.717, 1.165) is 0 Å². The lowest BCUT2D eigenvalue weighted by atomic mass is 10.00. The van der Waals surface area contributed by atoms with Crippen molar-refractivity contribution in [2.75, 3.05) is 13.2 Å². The van der Waals surface area contributed by atoms with Crippen LogP contribution in [0.15, 0.2) is 0 Å². The molecule has 76 valence electrons. The van der Waals surface area contributed by atoms with Gasteiger partial charge >= 0.3 is 0 Å². The van der Waals surface area contributed by atoms with E-state index >= 15 is 0 Å². The van der Waals surface area contributed by atoms with Gasteiger partial charge in [-0.1, -0.05) is 0 Å². The standard InChI is InChI=1S/C8H14O5/c1-4-11-3-6-8(13-4)7(10)5(9)2-12-6/h4-10H,2-3H2,1H3/t4?,5-,6+,7+,8+/m0/s1. The number of ether oxygens (including phenoxy) is 3. The summed E-state index contributed by atoms with van der Waals surface area (Å²) in [7, 11) is 0. The lowest BCUT2D eigenvalue weighted by Crippen LogP contribution is -2.59. The van der Waals surface area contributed by atoms with Crippen LogP contribution in [0.1, 0.15) is 6.92 Å². The highest BCUT2D eigenvalue weighted by atomic mass is 16.7. The van der Waals surface area contributed by atoms with Gasteiger partial charge in [-0.05, 0) is 6.92 Å². The summed E-state index contributed by atoms with van der Waals surface area (Å²) in [4.78, 5) is 0. The van der Waals surface area contributed by atoms with Crippen molar-refractivity contribution in [2.24, 2.45) is 0 Å². The van der Waals surface area contributed by atoms with Crippen LogP contribution in [-0.4, -0.2) is 54.1 Å². The van der Waals surface area contributed by atoms with Gasteiger partial charge in [0.15, 0.2) is 6.29 Å². The average Bonchev–Trinajstić information content (AvgIpc) is 2.12. The topological polar surface area (TPSA) is 68.2 Å². The second kappa shape index (κ2) is 3.51. The molecule has 0 aromatic carbocycles. The fraction of sp³-hybridized carbons (Fsp3) is 1.00. The first-order valence-electron chi connectivity index (χ1n) is 4.43. The largest absolute Gasteiger partial charge is 0.388 e. The summed E-state index contributed by atoms with van der Waals surface area (Å²) in [5.41, 5.74) is 0. The Balaban J connectivity index is 2.04. The van der Waals surface area contributed by atoms with E-state index in [4.69, 9.17) is 14.2 Å². The highest BCUT2D eigenvalue weighted by Crippen LogP contribution is 2.24. The van der Waals surface area contributed by atoms with Crippen molar-refractivity contribution in [3.8, 4) is 0 Å². The summed E-state index contributed by atoms with van der Waals surface area (Å²) in [6, 6.07) is 0. The Morgan fingerprint density at radius 3 is 2.69 bits per heavy atom. The number of fused-ring (bicyclic) bond motifs is 1. The van der Waals surface area contributed by atoms with Crippen molar-refractivity contribution < 1.29 is 24.4 Å². The molecule has 0 saturated carbocycles. The van der Waals surface area contributed by atoms with E-state index in [1.165, 1.54) is 0 Å². The highest BCUT2D eigenvalue weighted by Gasteiger charge is 2.43. The van der Waals surface area contributed by atoms with Crippen LogP contribution >= 0.6 is 0 Å². The zero-order valence-corrected chi connectivity index (χ0v) is 7.42. The third kappa shape index (κ3) is 1.70. The first-order chi connectivity index (χ1) is 6.18. The van der Waals surface area contributed by atoms with Crippen molar-refractivity contribution >= 4 is 0 Å². The molecular formula is C8H14O5. The van der Waals surface area contributed by atoms with E-state index in [9.17, 15) is 10.2 Å². The number of aliphatic hydroxyl groups excluding tert-OH is 2. The second-order valence-electron chi connectivity index (χ2n) is 3.43. The van der Waals surface area contributed by atoms with Crippen LogP contribution in [0.2, 0.25) is 0 Å². The van der Waals surface area contributed by atoms with Gasteiger partial charge in [0.25, 0.3) is 0 Å². The third-order valence-electron chi connectivity index (χ3n) is 2.42. The van der Waals surface area contributed by atoms with Gasteiger partial charge in [0, 0.05) is 0 Å². The summed E-state index contributed by atoms with van der Waals surface area (Å²) in [6.07, 6.45) is -2.79. The Hall–Kier alpha value is -0.200. The molecule has 13 heavy (non-hydrogen) atoms. The minimum atomic E-state index is -0.870. The molecule has 0 spiro atoms. The van der Waals surface area contributed by atoms with Crippen molar-refractivity contribution in [1.82, 2.24) is 0 Å². The maximum Gasteiger partial charge on any atom is 0.155 e. The normalized spacial score (nSPS) is 51.5. The van der Waals surface area contributed by atoms with Gasteiger partial charge in [0.2, 0.25) is 0 Å². The number of hydrogen-bond donors (Lipinski definition) is 2. The number of aliphatic hydroxyl groups is 2. The molecule has 0 bridgehead atoms. The maximum absolute atomic E-state index is 9.58. The molecule has 5 heteroatoms. The molecule has 2 heterocycles. The van der Waals surface area contributed by atoms with Gasteiger partial charge < -0.3 is 24.4 Å². The van der Waals surface area contributed by atoms with E-state index in [2.05, 4.69) is 0 Å². The van der Waals surface area contributed by atoms with Crippen LogP contribution in [0.25, 0.3) is 0 Å². The zero-order chi connectivity index (χ0) is 9.42. The molecular weight excluding hydrogens is 176 g/mol. The predicted molar refractivity (Wildman–Crippen MR) is 42.0 cm³/mol. The highest BCUT2D eigenvalue weighted by molar-refractivity contribution is 4.89. The Labute approximate surface area is 76.2 Å². The Morgan fingerprint density at radius 1 is 1.15 bits per heavy atom. The fourth-order valence-electron chi connectivity index (χ4n) is 1.66. The monoisotopic (exact) mass is 190 g/mol. The lowest BCUT2D eigenvalue weighted by Gasteiger charge is -2.42. The molecule has 2 rings (SSSR count). The molecule has 0 radical (unpaired) electrons. The van der Waals surface area contributed by atoms with E-state index in [0.29, 0.717) is 6.61 Å². The number of rotatable bonds is 0. The van der Waals surface area contributed by atoms with Crippen LogP contribution in [-0.2, 0) is 14.2 Å². The molecule has 0 aliphatic carbocycles. The molecule has 2 aliphatic heterocycles. The zero-order valence-electron chi connectivity index (χ0n) is 7.42. The van der Waals surface area contributed by atoms with Gasteiger partial charge in [0.1, 0.15) is 24.4 Å².